The lowest BCUT2D eigenvalue weighted by molar-refractivity contribution is 0.0927. The van der Waals surface area contributed by atoms with E-state index < -0.39 is 0 Å². The summed E-state index contributed by atoms with van der Waals surface area (Å²) in [7, 11) is 0. The third-order valence-corrected chi connectivity index (χ3v) is 2.64. The molecule has 1 aromatic heterocycles. The Balaban J connectivity index is 1.92. The van der Waals surface area contributed by atoms with Gasteiger partial charge in [-0.05, 0) is 39.7 Å². The van der Waals surface area contributed by atoms with Gasteiger partial charge in [0.15, 0.2) is 5.76 Å². The molecule has 96 valence electrons. The first kappa shape index (κ1) is 13.3. The van der Waals surface area contributed by atoms with Gasteiger partial charge in [0.25, 0.3) is 0 Å². The number of carbonyl (C=O) groups is 1. The van der Waals surface area contributed by atoms with Gasteiger partial charge in [-0.1, -0.05) is 30.3 Å². The lowest BCUT2D eigenvalue weighted by Gasteiger charge is -1.95. The third kappa shape index (κ3) is 4.22. The van der Waals surface area contributed by atoms with E-state index in [2.05, 4.69) is 26.5 Å². The van der Waals surface area contributed by atoms with Crippen LogP contribution >= 0.6 is 15.9 Å². The average molecular weight is 319 g/mol. The van der Waals surface area contributed by atoms with E-state index in [4.69, 9.17) is 4.42 Å². The van der Waals surface area contributed by atoms with Crippen LogP contribution in [-0.4, -0.2) is 12.1 Å². The maximum atomic E-state index is 11.5. The van der Waals surface area contributed by atoms with E-state index in [1.165, 1.54) is 12.5 Å². The summed E-state index contributed by atoms with van der Waals surface area (Å²) >= 11 is 3.35. The van der Waals surface area contributed by atoms with E-state index in [1.54, 1.807) is 12.1 Å². The summed E-state index contributed by atoms with van der Waals surface area (Å²) in [6, 6.07) is 13.0. The van der Waals surface area contributed by atoms with E-state index in [0.29, 0.717) is 0 Å². The number of halogens is 1. The summed E-state index contributed by atoms with van der Waals surface area (Å²) in [6.45, 7) is 0. The number of hydrogen-bond acceptors (Lipinski definition) is 3. The Morgan fingerprint density at radius 3 is 2.68 bits per heavy atom. The van der Waals surface area contributed by atoms with Gasteiger partial charge in [0.2, 0.25) is 0 Å². The molecule has 1 heterocycles. The third-order valence-electron chi connectivity index (χ3n) is 2.20. The molecule has 19 heavy (non-hydrogen) atoms. The maximum Gasteiger partial charge on any atom is 0.307 e. The average Bonchev–Trinajstić information content (AvgIpc) is 2.93. The van der Waals surface area contributed by atoms with Crippen LogP contribution in [0.3, 0.4) is 0 Å². The van der Waals surface area contributed by atoms with E-state index in [1.807, 2.05) is 36.4 Å². The van der Waals surface area contributed by atoms with Crippen LogP contribution in [0, 0.1) is 0 Å². The summed E-state index contributed by atoms with van der Waals surface area (Å²) in [4.78, 5) is 11.5. The molecule has 4 nitrogen and oxygen atoms in total. The minimum Gasteiger partial charge on any atom is -0.459 e. The summed E-state index contributed by atoms with van der Waals surface area (Å²) in [5, 5.41) is 3.82. The number of furan rings is 1. The summed E-state index contributed by atoms with van der Waals surface area (Å²) in [5.41, 5.74) is 3.41. The zero-order valence-corrected chi connectivity index (χ0v) is 11.5. The molecule has 0 aliphatic carbocycles. The van der Waals surface area contributed by atoms with Gasteiger partial charge in [0.05, 0.1) is 12.5 Å². The monoisotopic (exact) mass is 318 g/mol. The minimum absolute atomic E-state index is 0.223. The Labute approximate surface area is 118 Å². The van der Waals surface area contributed by atoms with Gasteiger partial charge in [-0.25, -0.2) is 5.43 Å². The lowest BCUT2D eigenvalue weighted by atomic mass is 10.2. The van der Waals surface area contributed by atoms with Crippen LogP contribution in [0.25, 0.3) is 6.08 Å². The van der Waals surface area contributed by atoms with Crippen molar-refractivity contribution in [2.24, 2.45) is 5.10 Å². The zero-order valence-electron chi connectivity index (χ0n) is 9.92. The van der Waals surface area contributed by atoms with Crippen molar-refractivity contribution >= 4 is 34.1 Å². The topological polar surface area (TPSA) is 54.6 Å². The van der Waals surface area contributed by atoms with Crippen molar-refractivity contribution in [2.75, 3.05) is 0 Å². The Kier molecular flexibility index (Phi) is 4.69. The van der Waals surface area contributed by atoms with Crippen molar-refractivity contribution in [1.29, 1.82) is 0 Å². The standard InChI is InChI=1S/C14H11BrN2O2/c15-12(9-11-5-2-1-3-6-11)10-16-17-14(18)13-7-4-8-19-13/h1-10H,(H,17,18)/b12-9-,16-10+. The molecular weight excluding hydrogens is 308 g/mol. The normalized spacial score (nSPS) is 11.7. The molecule has 0 saturated carbocycles. The highest BCUT2D eigenvalue weighted by atomic mass is 79.9. The fourth-order valence-corrected chi connectivity index (χ4v) is 1.73. The quantitative estimate of drug-likeness (QED) is 0.693. The van der Waals surface area contributed by atoms with Crippen LogP contribution in [0.2, 0.25) is 0 Å². The minimum atomic E-state index is -0.388. The van der Waals surface area contributed by atoms with Crippen molar-refractivity contribution < 1.29 is 9.21 Å². The zero-order chi connectivity index (χ0) is 13.5. The Morgan fingerprint density at radius 1 is 1.21 bits per heavy atom. The smallest absolute Gasteiger partial charge is 0.307 e. The SMILES string of the molecule is O=C(N/N=C/C(Br)=C/c1ccccc1)c1ccco1. The summed E-state index contributed by atoms with van der Waals surface area (Å²) in [5.74, 6) is -0.165. The maximum absolute atomic E-state index is 11.5. The molecule has 0 aliphatic heterocycles. The second kappa shape index (κ2) is 6.70. The van der Waals surface area contributed by atoms with E-state index in [9.17, 15) is 4.79 Å². The first-order chi connectivity index (χ1) is 9.25. The van der Waals surface area contributed by atoms with Gasteiger partial charge < -0.3 is 4.42 Å². The second-order valence-electron chi connectivity index (χ2n) is 3.62. The molecule has 0 aliphatic rings. The first-order valence-electron chi connectivity index (χ1n) is 5.55. The number of benzene rings is 1. The molecule has 0 bridgehead atoms. The first-order valence-corrected chi connectivity index (χ1v) is 6.34. The van der Waals surface area contributed by atoms with Crippen LogP contribution in [0.1, 0.15) is 16.1 Å². The van der Waals surface area contributed by atoms with Gasteiger partial charge in [-0.2, -0.15) is 5.10 Å². The van der Waals surface area contributed by atoms with Gasteiger partial charge in [0, 0.05) is 4.48 Å². The summed E-state index contributed by atoms with van der Waals surface area (Å²) < 4.78 is 5.68. The van der Waals surface area contributed by atoms with Gasteiger partial charge >= 0.3 is 5.91 Å². The molecule has 2 aromatic rings. The number of rotatable bonds is 4. The van der Waals surface area contributed by atoms with Gasteiger partial charge in [0.1, 0.15) is 0 Å². The van der Waals surface area contributed by atoms with Crippen molar-refractivity contribution in [2.45, 2.75) is 0 Å². The molecule has 0 spiro atoms. The molecule has 2 rings (SSSR count). The molecular formula is C14H11BrN2O2. The fraction of sp³-hybridized carbons (Fsp3) is 0. The van der Waals surface area contributed by atoms with Crippen LogP contribution in [0.4, 0.5) is 0 Å². The summed E-state index contributed by atoms with van der Waals surface area (Å²) in [6.07, 6.45) is 4.83. The highest BCUT2D eigenvalue weighted by Crippen LogP contribution is 2.09. The van der Waals surface area contributed by atoms with Crippen molar-refractivity contribution in [3.63, 3.8) is 0 Å². The molecule has 0 unspecified atom stereocenters. The molecule has 0 fully saturated rings. The predicted octanol–water partition coefficient (Wildman–Crippen LogP) is 3.43. The largest absolute Gasteiger partial charge is 0.459 e. The Bertz CT molecular complexity index is 589. The van der Waals surface area contributed by atoms with Crippen LogP contribution in [0.5, 0.6) is 0 Å². The number of hydrazone groups is 1. The number of amides is 1. The van der Waals surface area contributed by atoms with Crippen LogP contribution in [-0.2, 0) is 0 Å². The molecule has 0 radical (unpaired) electrons. The number of hydrogen-bond donors (Lipinski definition) is 1. The molecule has 1 N–H and O–H groups in total. The molecule has 0 atom stereocenters. The van der Waals surface area contributed by atoms with Crippen molar-refractivity contribution in [3.8, 4) is 0 Å². The predicted molar refractivity (Wildman–Crippen MR) is 78.0 cm³/mol. The molecule has 0 saturated heterocycles. The van der Waals surface area contributed by atoms with Crippen LogP contribution in [0.15, 0.2) is 62.7 Å². The lowest BCUT2D eigenvalue weighted by Crippen LogP contribution is -2.16. The van der Waals surface area contributed by atoms with Crippen molar-refractivity contribution in [1.82, 2.24) is 5.43 Å². The van der Waals surface area contributed by atoms with E-state index >= 15 is 0 Å². The molecule has 5 heteroatoms. The van der Waals surface area contributed by atoms with Crippen molar-refractivity contribution in [3.05, 3.63) is 64.5 Å². The number of nitrogens with one attached hydrogen (secondary N) is 1. The van der Waals surface area contributed by atoms with E-state index in [0.717, 1.165) is 10.0 Å². The molecule has 1 amide bonds. The highest BCUT2D eigenvalue weighted by molar-refractivity contribution is 9.12. The number of allylic oxidation sites excluding steroid dienone is 1. The Hall–Kier alpha value is -2.14. The van der Waals surface area contributed by atoms with Crippen LogP contribution < -0.4 is 5.43 Å². The van der Waals surface area contributed by atoms with Gasteiger partial charge in [-0.3, -0.25) is 4.79 Å². The highest BCUT2D eigenvalue weighted by Gasteiger charge is 2.05. The van der Waals surface area contributed by atoms with Gasteiger partial charge in [-0.15, -0.1) is 0 Å². The fourth-order valence-electron chi connectivity index (χ4n) is 1.36. The number of nitrogens with zero attached hydrogens (tertiary/aromatic N) is 1. The Morgan fingerprint density at radius 2 is 2.00 bits per heavy atom. The number of carbonyl (C=O) groups excluding carboxylic acids is 1. The second-order valence-corrected chi connectivity index (χ2v) is 4.53. The van der Waals surface area contributed by atoms with E-state index in [-0.39, 0.29) is 11.7 Å². The molecule has 1 aromatic carbocycles.